The third-order valence-corrected chi connectivity index (χ3v) is 8.69. The maximum atomic E-state index is 6.37. The van der Waals surface area contributed by atoms with Crippen molar-refractivity contribution in [3.8, 4) is 0 Å². The molecule has 4 aromatic rings. The highest BCUT2D eigenvalue weighted by Crippen LogP contribution is 2.22. The fourth-order valence-corrected chi connectivity index (χ4v) is 6.31. The molecule has 0 atom stereocenters. The summed E-state index contributed by atoms with van der Waals surface area (Å²) in [7, 11) is 0. The standard InChI is InChI=1S/C35H40Cl2N4O2/c36-28-14-16-32-30(26-28)40(34(42-32)12-2-6-18-38-20-8-9-21-38)24-4-1-5-25-41-31-27-29(37)15-17-33(31)43-35(41)13-3-7-19-39-22-10-11-23-39/h2-3,6-7,12-19,26-27H,1,4-5,8-11,20-25H2/q+2. The van der Waals surface area contributed by atoms with Crippen molar-refractivity contribution in [2.75, 3.05) is 26.2 Å². The molecule has 2 saturated heterocycles. The number of rotatable bonds is 12. The van der Waals surface area contributed by atoms with Gasteiger partial charge in [0, 0.05) is 61.2 Å². The number of halogens is 2. The van der Waals surface area contributed by atoms with Gasteiger partial charge in [0.2, 0.25) is 11.2 Å². The van der Waals surface area contributed by atoms with Crippen LogP contribution in [0.1, 0.15) is 56.7 Å². The molecule has 0 spiro atoms. The molecule has 4 heterocycles. The number of allylic oxidation sites excluding steroid dienone is 4. The van der Waals surface area contributed by atoms with E-state index in [0.717, 1.165) is 92.5 Å². The summed E-state index contributed by atoms with van der Waals surface area (Å²) in [5, 5.41) is 1.42. The van der Waals surface area contributed by atoms with Crippen LogP contribution in [0.4, 0.5) is 0 Å². The van der Waals surface area contributed by atoms with Crippen molar-refractivity contribution in [3.63, 3.8) is 0 Å². The van der Waals surface area contributed by atoms with Crippen molar-refractivity contribution < 1.29 is 18.0 Å². The second-order valence-electron chi connectivity index (χ2n) is 11.4. The quantitative estimate of drug-likeness (QED) is 0.0912. The van der Waals surface area contributed by atoms with Gasteiger partial charge in [-0.25, -0.2) is 0 Å². The first kappa shape index (κ1) is 29.6. The van der Waals surface area contributed by atoms with Gasteiger partial charge in [-0.1, -0.05) is 35.4 Å². The van der Waals surface area contributed by atoms with Gasteiger partial charge in [0.15, 0.2) is 13.1 Å². The number of fused-ring (bicyclic) bond motifs is 2. The zero-order valence-electron chi connectivity index (χ0n) is 24.6. The molecule has 6 nitrogen and oxygen atoms in total. The molecular formula is C35H40Cl2N4O2+2. The Bertz CT molecular complexity index is 1530. The number of nitrogens with zero attached hydrogens (tertiary/aromatic N) is 4. The molecule has 0 amide bonds. The number of benzene rings is 2. The Kier molecular flexibility index (Phi) is 9.86. The van der Waals surface area contributed by atoms with Gasteiger partial charge in [0.1, 0.15) is 0 Å². The number of oxazole rings is 2. The highest BCUT2D eigenvalue weighted by Gasteiger charge is 2.23. The maximum Gasteiger partial charge on any atom is 0.374 e. The molecule has 0 radical (unpaired) electrons. The highest BCUT2D eigenvalue weighted by atomic mass is 35.5. The van der Waals surface area contributed by atoms with Crippen LogP contribution in [-0.2, 0) is 13.1 Å². The normalized spacial score (nSPS) is 16.3. The Balaban J connectivity index is 1.11. The van der Waals surface area contributed by atoms with Crippen LogP contribution in [0.25, 0.3) is 34.4 Å². The van der Waals surface area contributed by atoms with Crippen molar-refractivity contribution in [1.29, 1.82) is 0 Å². The molecule has 0 bridgehead atoms. The number of hydrogen-bond acceptors (Lipinski definition) is 4. The number of hydrogen-bond donors (Lipinski definition) is 0. The molecule has 0 aliphatic carbocycles. The van der Waals surface area contributed by atoms with Crippen LogP contribution in [0.2, 0.25) is 10.0 Å². The van der Waals surface area contributed by atoms with Gasteiger partial charge >= 0.3 is 11.8 Å². The molecule has 2 aromatic heterocycles. The lowest BCUT2D eigenvalue weighted by atomic mass is 10.2. The fourth-order valence-electron chi connectivity index (χ4n) is 5.97. The Labute approximate surface area is 263 Å². The molecule has 0 unspecified atom stereocenters. The summed E-state index contributed by atoms with van der Waals surface area (Å²) in [6, 6.07) is 11.6. The topological polar surface area (TPSA) is 40.5 Å². The Morgan fingerprint density at radius 3 is 1.49 bits per heavy atom. The van der Waals surface area contributed by atoms with E-state index < -0.39 is 0 Å². The highest BCUT2D eigenvalue weighted by molar-refractivity contribution is 6.31. The first-order valence-electron chi connectivity index (χ1n) is 15.6. The van der Waals surface area contributed by atoms with Crippen LogP contribution >= 0.6 is 23.2 Å². The van der Waals surface area contributed by atoms with E-state index in [4.69, 9.17) is 32.0 Å². The summed E-state index contributed by atoms with van der Waals surface area (Å²) in [5.74, 6) is 1.67. The van der Waals surface area contributed by atoms with Gasteiger partial charge in [-0.3, -0.25) is 0 Å². The number of likely N-dealkylation sites (tertiary alicyclic amines) is 2. The average Bonchev–Trinajstić information content (AvgIpc) is 3.82. The van der Waals surface area contributed by atoms with Gasteiger partial charge in [-0.15, -0.1) is 0 Å². The molecule has 224 valence electrons. The molecule has 0 N–H and O–H groups in total. The molecule has 0 saturated carbocycles. The predicted octanol–water partition coefficient (Wildman–Crippen LogP) is 8.18. The molecule has 43 heavy (non-hydrogen) atoms. The maximum absolute atomic E-state index is 6.37. The summed E-state index contributed by atoms with van der Waals surface area (Å²) in [4.78, 5) is 4.72. The Morgan fingerprint density at radius 2 is 1.05 bits per heavy atom. The second-order valence-corrected chi connectivity index (χ2v) is 12.2. The summed E-state index contributed by atoms with van der Waals surface area (Å²) < 4.78 is 16.9. The molecular weight excluding hydrogens is 579 g/mol. The van der Waals surface area contributed by atoms with Crippen LogP contribution in [0.5, 0.6) is 0 Å². The van der Waals surface area contributed by atoms with Gasteiger partial charge in [-0.2, -0.15) is 9.13 Å². The summed E-state index contributed by atoms with van der Waals surface area (Å²) in [6.07, 6.45) is 24.9. The Hall–Kier alpha value is -3.48. The van der Waals surface area contributed by atoms with E-state index in [-0.39, 0.29) is 0 Å². The van der Waals surface area contributed by atoms with Crippen molar-refractivity contribution >= 4 is 57.6 Å². The first-order valence-corrected chi connectivity index (χ1v) is 16.3. The van der Waals surface area contributed by atoms with Crippen molar-refractivity contribution in [3.05, 3.63) is 94.9 Å². The lowest BCUT2D eigenvalue weighted by Crippen LogP contribution is -2.36. The Morgan fingerprint density at radius 1 is 0.605 bits per heavy atom. The van der Waals surface area contributed by atoms with Gasteiger partial charge < -0.3 is 18.6 Å². The van der Waals surface area contributed by atoms with E-state index >= 15 is 0 Å². The van der Waals surface area contributed by atoms with E-state index in [1.807, 2.05) is 36.4 Å². The zero-order chi connectivity index (χ0) is 29.4. The minimum absolute atomic E-state index is 0.712. The second kappa shape index (κ2) is 14.3. The van der Waals surface area contributed by atoms with E-state index in [1.54, 1.807) is 0 Å². The zero-order valence-corrected chi connectivity index (χ0v) is 26.1. The third kappa shape index (κ3) is 7.54. The van der Waals surface area contributed by atoms with Gasteiger partial charge in [-0.05, 0) is 80.9 Å². The predicted molar refractivity (Wildman–Crippen MR) is 175 cm³/mol. The van der Waals surface area contributed by atoms with E-state index in [1.165, 1.54) is 25.7 Å². The number of aromatic nitrogens is 2. The number of aryl methyl sites for hydroxylation is 2. The summed E-state index contributed by atoms with van der Waals surface area (Å²) >= 11 is 12.7. The lowest BCUT2D eigenvalue weighted by molar-refractivity contribution is -0.682. The van der Waals surface area contributed by atoms with Crippen LogP contribution in [0.15, 0.2) is 81.9 Å². The van der Waals surface area contributed by atoms with Gasteiger partial charge in [0.25, 0.3) is 11.0 Å². The van der Waals surface area contributed by atoms with Crippen LogP contribution < -0.4 is 9.13 Å². The molecule has 2 aromatic carbocycles. The lowest BCUT2D eigenvalue weighted by Gasteiger charge is -2.08. The summed E-state index contributed by atoms with van der Waals surface area (Å²) in [6.45, 7) is 6.25. The van der Waals surface area contributed by atoms with Crippen LogP contribution in [-0.4, -0.2) is 36.0 Å². The largest absolute Gasteiger partial charge is 0.398 e. The average molecular weight is 620 g/mol. The third-order valence-electron chi connectivity index (χ3n) is 8.22. The van der Waals surface area contributed by atoms with Crippen LogP contribution in [0, 0.1) is 0 Å². The smallest absolute Gasteiger partial charge is 0.374 e. The fraction of sp³-hybridized carbons (Fsp3) is 0.371. The minimum atomic E-state index is 0.712. The SMILES string of the molecule is Clc1ccc2oc(C=CC=CN3CCCC3)[n+](CCCCC[n+]3c(C=CC=CN4CCCC4)oc4ccc(Cl)cc43)c2c1. The summed E-state index contributed by atoms with van der Waals surface area (Å²) in [5.41, 5.74) is 3.74. The van der Waals surface area contributed by atoms with E-state index in [2.05, 4.69) is 67.8 Å². The minimum Gasteiger partial charge on any atom is -0.398 e. The van der Waals surface area contributed by atoms with Crippen molar-refractivity contribution in [1.82, 2.24) is 9.80 Å². The number of unbranched alkanes of at least 4 members (excludes halogenated alkanes) is 2. The molecule has 6 rings (SSSR count). The molecule has 2 aliphatic heterocycles. The van der Waals surface area contributed by atoms with Crippen molar-refractivity contribution in [2.45, 2.75) is 58.0 Å². The molecule has 2 fully saturated rings. The van der Waals surface area contributed by atoms with E-state index in [0.29, 0.717) is 10.0 Å². The molecule has 8 heteroatoms. The van der Waals surface area contributed by atoms with Gasteiger partial charge in [0.05, 0.1) is 12.2 Å². The van der Waals surface area contributed by atoms with Crippen LogP contribution in [0.3, 0.4) is 0 Å². The monoisotopic (exact) mass is 618 g/mol. The van der Waals surface area contributed by atoms with Crippen molar-refractivity contribution in [2.24, 2.45) is 0 Å². The van der Waals surface area contributed by atoms with E-state index in [9.17, 15) is 0 Å². The molecule has 2 aliphatic rings. The first-order chi connectivity index (χ1) is 21.1.